The van der Waals surface area contributed by atoms with Crippen LogP contribution >= 0.6 is 0 Å². The Morgan fingerprint density at radius 2 is 2.32 bits per heavy atom. The molecular formula is C15H18N4O3. The van der Waals surface area contributed by atoms with Crippen molar-refractivity contribution in [2.45, 2.75) is 32.4 Å². The molecule has 1 unspecified atom stereocenters. The number of carbonyl (C=O) groups excluding carboxylic acids is 2. The molecule has 1 aliphatic rings. The van der Waals surface area contributed by atoms with Gasteiger partial charge in [0.05, 0.1) is 18.3 Å². The fourth-order valence-corrected chi connectivity index (χ4v) is 2.55. The minimum atomic E-state index is -0.897. The van der Waals surface area contributed by atoms with E-state index in [-0.39, 0.29) is 6.54 Å². The molecule has 7 heteroatoms. The molecule has 2 atom stereocenters. The molecule has 0 radical (unpaired) electrons. The summed E-state index contributed by atoms with van der Waals surface area (Å²) in [6, 6.07) is 5.92. The Balaban J connectivity index is 1.93. The van der Waals surface area contributed by atoms with Crippen LogP contribution in [0.5, 0.6) is 0 Å². The van der Waals surface area contributed by atoms with Crippen molar-refractivity contribution >= 4 is 28.6 Å². The van der Waals surface area contributed by atoms with Crippen molar-refractivity contribution in [2.24, 2.45) is 5.73 Å². The number of hydrogen-bond acceptors (Lipinski definition) is 4. The lowest BCUT2D eigenvalue weighted by Crippen LogP contribution is -2.32. The quantitative estimate of drug-likeness (QED) is 0.932. The van der Waals surface area contributed by atoms with Gasteiger partial charge in [0.25, 0.3) is 5.91 Å². The van der Waals surface area contributed by atoms with Gasteiger partial charge in [-0.05, 0) is 31.5 Å². The monoisotopic (exact) mass is 302 g/mol. The second-order valence-electron chi connectivity index (χ2n) is 5.47. The van der Waals surface area contributed by atoms with E-state index in [0.29, 0.717) is 11.7 Å². The number of amides is 2. The number of aromatic nitrogens is 2. The standard InChI is InChI=1S/C15H18N4O3/c1-3-9(2)19-12-5-4-11(6-10(12)7-17-19)18-8-13(14(16)20)22-15(18)21/h4-7,9,13H,3,8H2,1-2H3,(H2,16,20)/t9?,13-/m1/s1. The lowest BCUT2D eigenvalue weighted by Gasteiger charge is -2.14. The number of carbonyl (C=O) groups is 2. The maximum atomic E-state index is 11.9. The Kier molecular flexibility index (Phi) is 3.48. The van der Waals surface area contributed by atoms with E-state index in [0.717, 1.165) is 17.3 Å². The van der Waals surface area contributed by atoms with Crippen LogP contribution in [0.25, 0.3) is 10.9 Å². The number of ether oxygens (including phenoxy) is 1. The third-order valence-electron chi connectivity index (χ3n) is 4.03. The summed E-state index contributed by atoms with van der Waals surface area (Å²) in [6.45, 7) is 4.35. The number of rotatable bonds is 4. The molecule has 3 rings (SSSR count). The number of hydrogen-bond donors (Lipinski definition) is 1. The molecule has 2 heterocycles. The van der Waals surface area contributed by atoms with E-state index >= 15 is 0 Å². The summed E-state index contributed by atoms with van der Waals surface area (Å²) in [4.78, 5) is 24.4. The van der Waals surface area contributed by atoms with E-state index in [1.165, 1.54) is 4.90 Å². The molecule has 1 fully saturated rings. The van der Waals surface area contributed by atoms with Gasteiger partial charge in [0, 0.05) is 17.1 Å². The van der Waals surface area contributed by atoms with Crippen LogP contribution in [0, 0.1) is 0 Å². The van der Waals surface area contributed by atoms with Crippen molar-refractivity contribution in [3.05, 3.63) is 24.4 Å². The molecule has 2 aromatic rings. The van der Waals surface area contributed by atoms with Gasteiger partial charge >= 0.3 is 6.09 Å². The van der Waals surface area contributed by atoms with Gasteiger partial charge in [-0.2, -0.15) is 5.10 Å². The minimum Gasteiger partial charge on any atom is -0.434 e. The summed E-state index contributed by atoms with van der Waals surface area (Å²) < 4.78 is 6.92. The number of anilines is 1. The minimum absolute atomic E-state index is 0.138. The lowest BCUT2D eigenvalue weighted by molar-refractivity contribution is -0.124. The Hall–Kier alpha value is -2.57. The molecule has 22 heavy (non-hydrogen) atoms. The molecule has 1 aromatic heterocycles. The fourth-order valence-electron chi connectivity index (χ4n) is 2.55. The first-order chi connectivity index (χ1) is 10.5. The first-order valence-electron chi connectivity index (χ1n) is 7.26. The molecule has 0 saturated carbocycles. The molecule has 1 saturated heterocycles. The molecule has 0 bridgehead atoms. The average molecular weight is 302 g/mol. The maximum absolute atomic E-state index is 11.9. The van der Waals surface area contributed by atoms with Crippen LogP contribution in [0.2, 0.25) is 0 Å². The van der Waals surface area contributed by atoms with E-state index in [1.807, 2.05) is 22.9 Å². The van der Waals surface area contributed by atoms with Gasteiger partial charge in [0.1, 0.15) is 0 Å². The lowest BCUT2D eigenvalue weighted by atomic mass is 10.2. The summed E-state index contributed by atoms with van der Waals surface area (Å²) in [5.74, 6) is -0.637. The second-order valence-corrected chi connectivity index (χ2v) is 5.47. The third kappa shape index (κ3) is 2.28. The zero-order valence-electron chi connectivity index (χ0n) is 12.5. The zero-order chi connectivity index (χ0) is 15.9. The Labute approximate surface area is 127 Å². The van der Waals surface area contributed by atoms with Gasteiger partial charge in [-0.25, -0.2) is 4.79 Å². The van der Waals surface area contributed by atoms with Gasteiger partial charge in [0.15, 0.2) is 6.10 Å². The second kappa shape index (κ2) is 5.32. The SMILES string of the molecule is CCC(C)n1ncc2cc(N3C[C@H](C(N)=O)OC3=O)ccc21. The van der Waals surface area contributed by atoms with E-state index in [4.69, 9.17) is 10.5 Å². The van der Waals surface area contributed by atoms with Crippen LogP contribution in [-0.4, -0.2) is 34.4 Å². The Morgan fingerprint density at radius 3 is 2.95 bits per heavy atom. The average Bonchev–Trinajstić information content (AvgIpc) is 3.09. The molecule has 0 spiro atoms. The smallest absolute Gasteiger partial charge is 0.415 e. The summed E-state index contributed by atoms with van der Waals surface area (Å²) in [7, 11) is 0. The normalized spacial score (nSPS) is 19.5. The molecule has 7 nitrogen and oxygen atoms in total. The molecular weight excluding hydrogens is 284 g/mol. The number of benzene rings is 1. The molecule has 1 aliphatic heterocycles. The van der Waals surface area contributed by atoms with Gasteiger partial charge in [-0.3, -0.25) is 14.4 Å². The third-order valence-corrected chi connectivity index (χ3v) is 4.03. The van der Waals surface area contributed by atoms with Gasteiger partial charge < -0.3 is 10.5 Å². The first-order valence-corrected chi connectivity index (χ1v) is 7.26. The fraction of sp³-hybridized carbons (Fsp3) is 0.400. The number of primary amides is 1. The van der Waals surface area contributed by atoms with Crippen molar-refractivity contribution in [1.82, 2.24) is 9.78 Å². The summed E-state index contributed by atoms with van der Waals surface area (Å²) in [6.07, 6.45) is 1.30. The number of fused-ring (bicyclic) bond motifs is 1. The molecule has 0 aliphatic carbocycles. The topological polar surface area (TPSA) is 90.5 Å². The molecule has 116 valence electrons. The van der Waals surface area contributed by atoms with Crippen molar-refractivity contribution < 1.29 is 14.3 Å². The van der Waals surface area contributed by atoms with Crippen LogP contribution < -0.4 is 10.6 Å². The van der Waals surface area contributed by atoms with Gasteiger partial charge in [-0.15, -0.1) is 0 Å². The van der Waals surface area contributed by atoms with Crippen LogP contribution in [-0.2, 0) is 9.53 Å². The van der Waals surface area contributed by atoms with Crippen molar-refractivity contribution in [1.29, 1.82) is 0 Å². The summed E-state index contributed by atoms with van der Waals surface area (Å²) in [5, 5.41) is 5.34. The van der Waals surface area contributed by atoms with Crippen LogP contribution in [0.4, 0.5) is 10.5 Å². The predicted molar refractivity (Wildman–Crippen MR) is 81.5 cm³/mol. The Bertz CT molecular complexity index is 739. The molecule has 2 amide bonds. The Morgan fingerprint density at radius 1 is 1.55 bits per heavy atom. The van der Waals surface area contributed by atoms with Crippen LogP contribution in [0.15, 0.2) is 24.4 Å². The largest absolute Gasteiger partial charge is 0.434 e. The number of cyclic esters (lactones) is 1. The highest BCUT2D eigenvalue weighted by atomic mass is 16.6. The van der Waals surface area contributed by atoms with E-state index < -0.39 is 18.1 Å². The number of nitrogens with two attached hydrogens (primary N) is 1. The molecule has 2 N–H and O–H groups in total. The molecule has 1 aromatic carbocycles. The zero-order valence-corrected chi connectivity index (χ0v) is 12.5. The maximum Gasteiger partial charge on any atom is 0.415 e. The highest BCUT2D eigenvalue weighted by Crippen LogP contribution is 2.27. The van der Waals surface area contributed by atoms with Gasteiger partial charge in [0.2, 0.25) is 0 Å². The van der Waals surface area contributed by atoms with Crippen molar-refractivity contribution in [3.8, 4) is 0 Å². The van der Waals surface area contributed by atoms with Crippen molar-refractivity contribution in [2.75, 3.05) is 11.4 Å². The van der Waals surface area contributed by atoms with Crippen LogP contribution in [0.1, 0.15) is 26.3 Å². The summed E-state index contributed by atoms with van der Waals surface area (Å²) >= 11 is 0. The van der Waals surface area contributed by atoms with Gasteiger partial charge in [-0.1, -0.05) is 6.92 Å². The van der Waals surface area contributed by atoms with E-state index in [9.17, 15) is 9.59 Å². The van der Waals surface area contributed by atoms with E-state index in [2.05, 4.69) is 18.9 Å². The first kappa shape index (κ1) is 14.4. The van der Waals surface area contributed by atoms with Crippen LogP contribution in [0.3, 0.4) is 0 Å². The highest BCUT2D eigenvalue weighted by Gasteiger charge is 2.35. The number of nitrogens with zero attached hydrogens (tertiary/aromatic N) is 3. The predicted octanol–water partition coefficient (Wildman–Crippen LogP) is 1.82. The highest BCUT2D eigenvalue weighted by molar-refractivity contribution is 5.97. The van der Waals surface area contributed by atoms with E-state index in [1.54, 1.807) is 6.20 Å². The summed E-state index contributed by atoms with van der Waals surface area (Å²) in [5.41, 5.74) is 6.87. The van der Waals surface area contributed by atoms with Crippen molar-refractivity contribution in [3.63, 3.8) is 0 Å².